The van der Waals surface area contributed by atoms with E-state index in [2.05, 4.69) is 4.90 Å². The van der Waals surface area contributed by atoms with Gasteiger partial charge in [0.15, 0.2) is 0 Å². The first-order valence-corrected chi connectivity index (χ1v) is 4.58. The Morgan fingerprint density at radius 1 is 1.27 bits per heavy atom. The molecule has 0 amide bonds. The van der Waals surface area contributed by atoms with Crippen molar-refractivity contribution in [2.24, 2.45) is 5.92 Å². The van der Waals surface area contributed by atoms with Crippen molar-refractivity contribution in [2.75, 3.05) is 19.6 Å². The van der Waals surface area contributed by atoms with Crippen molar-refractivity contribution in [3.63, 3.8) is 0 Å². The zero-order valence-electron chi connectivity index (χ0n) is 6.88. The van der Waals surface area contributed by atoms with Crippen molar-refractivity contribution >= 4 is 5.78 Å². The van der Waals surface area contributed by atoms with Crippen LogP contribution in [0.3, 0.4) is 0 Å². The SMILES string of the molecule is O=C1CC(CN2CCCC2)C1. The van der Waals surface area contributed by atoms with Gasteiger partial charge in [-0.05, 0) is 31.8 Å². The lowest BCUT2D eigenvalue weighted by molar-refractivity contribution is -0.127. The highest BCUT2D eigenvalue weighted by Crippen LogP contribution is 2.24. The first-order valence-electron chi connectivity index (χ1n) is 4.58. The Hall–Kier alpha value is -0.370. The van der Waals surface area contributed by atoms with Crippen LogP contribution in [0, 0.1) is 5.92 Å². The smallest absolute Gasteiger partial charge is 0.133 e. The molecule has 0 bridgehead atoms. The van der Waals surface area contributed by atoms with E-state index < -0.39 is 0 Å². The second-order valence-electron chi connectivity index (χ2n) is 3.82. The van der Waals surface area contributed by atoms with Gasteiger partial charge in [-0.1, -0.05) is 0 Å². The number of hydrogen-bond acceptors (Lipinski definition) is 2. The fourth-order valence-corrected chi connectivity index (χ4v) is 2.04. The topological polar surface area (TPSA) is 20.3 Å². The van der Waals surface area contributed by atoms with Crippen LogP contribution in [-0.2, 0) is 4.79 Å². The maximum absolute atomic E-state index is 10.7. The van der Waals surface area contributed by atoms with Crippen LogP contribution >= 0.6 is 0 Å². The minimum Gasteiger partial charge on any atom is -0.303 e. The van der Waals surface area contributed by atoms with Gasteiger partial charge in [0, 0.05) is 19.4 Å². The van der Waals surface area contributed by atoms with Crippen LogP contribution in [0.4, 0.5) is 0 Å². The number of Topliss-reactive ketones (excluding diaryl/α,β-unsaturated/α-hetero) is 1. The first kappa shape index (κ1) is 7.29. The molecule has 2 fully saturated rings. The van der Waals surface area contributed by atoms with Gasteiger partial charge in [0.05, 0.1) is 0 Å². The molecule has 1 heterocycles. The number of likely N-dealkylation sites (tertiary alicyclic amines) is 1. The summed E-state index contributed by atoms with van der Waals surface area (Å²) in [7, 11) is 0. The summed E-state index contributed by atoms with van der Waals surface area (Å²) in [6.07, 6.45) is 4.44. The number of hydrogen-bond donors (Lipinski definition) is 0. The quantitative estimate of drug-likeness (QED) is 0.591. The molecule has 2 nitrogen and oxygen atoms in total. The molecule has 0 aromatic rings. The lowest BCUT2D eigenvalue weighted by atomic mass is 9.84. The van der Waals surface area contributed by atoms with Gasteiger partial charge >= 0.3 is 0 Å². The number of carbonyl (C=O) groups is 1. The number of ketones is 1. The molecule has 1 saturated carbocycles. The molecule has 0 radical (unpaired) electrons. The molecule has 0 aromatic carbocycles. The van der Waals surface area contributed by atoms with E-state index in [-0.39, 0.29) is 0 Å². The van der Waals surface area contributed by atoms with E-state index in [0.29, 0.717) is 11.7 Å². The van der Waals surface area contributed by atoms with Gasteiger partial charge in [0.25, 0.3) is 0 Å². The van der Waals surface area contributed by atoms with E-state index in [0.717, 1.165) is 12.8 Å². The summed E-state index contributed by atoms with van der Waals surface area (Å²) >= 11 is 0. The van der Waals surface area contributed by atoms with Crippen molar-refractivity contribution in [2.45, 2.75) is 25.7 Å². The zero-order chi connectivity index (χ0) is 7.68. The molecule has 1 aliphatic heterocycles. The Balaban J connectivity index is 1.69. The molecular weight excluding hydrogens is 138 g/mol. The van der Waals surface area contributed by atoms with Crippen molar-refractivity contribution in [1.82, 2.24) is 4.90 Å². The number of carbonyl (C=O) groups excluding carboxylic acids is 1. The van der Waals surface area contributed by atoms with Gasteiger partial charge in [-0.2, -0.15) is 0 Å². The Morgan fingerprint density at radius 2 is 1.91 bits per heavy atom. The highest BCUT2D eigenvalue weighted by atomic mass is 16.1. The molecule has 1 saturated heterocycles. The van der Waals surface area contributed by atoms with Crippen LogP contribution in [-0.4, -0.2) is 30.3 Å². The molecule has 0 unspecified atom stereocenters. The van der Waals surface area contributed by atoms with E-state index in [1.54, 1.807) is 0 Å². The molecule has 0 N–H and O–H groups in total. The summed E-state index contributed by atoms with van der Waals surface area (Å²) in [5, 5.41) is 0. The highest BCUT2D eigenvalue weighted by molar-refractivity contribution is 5.84. The third-order valence-corrected chi connectivity index (χ3v) is 2.75. The van der Waals surface area contributed by atoms with Crippen LogP contribution in [0.1, 0.15) is 25.7 Å². The molecule has 62 valence electrons. The molecular formula is C9H15NO. The van der Waals surface area contributed by atoms with Gasteiger partial charge in [-0.3, -0.25) is 4.79 Å². The minimum absolute atomic E-state index is 0.467. The van der Waals surface area contributed by atoms with Gasteiger partial charge in [0.1, 0.15) is 5.78 Å². The first-order chi connectivity index (χ1) is 5.34. The van der Waals surface area contributed by atoms with Crippen molar-refractivity contribution < 1.29 is 4.79 Å². The van der Waals surface area contributed by atoms with Gasteiger partial charge in [-0.15, -0.1) is 0 Å². The standard InChI is InChI=1S/C9H15NO/c11-9-5-8(6-9)7-10-3-1-2-4-10/h8H,1-7H2. The fraction of sp³-hybridized carbons (Fsp3) is 0.889. The van der Waals surface area contributed by atoms with E-state index in [1.165, 1.54) is 32.5 Å². The molecule has 0 atom stereocenters. The minimum atomic E-state index is 0.467. The molecule has 0 aromatic heterocycles. The molecule has 1 aliphatic carbocycles. The monoisotopic (exact) mass is 153 g/mol. The zero-order valence-corrected chi connectivity index (χ0v) is 6.88. The van der Waals surface area contributed by atoms with Crippen LogP contribution in [0.5, 0.6) is 0 Å². The normalized spacial score (nSPS) is 27.5. The Labute approximate surface area is 67.6 Å². The van der Waals surface area contributed by atoms with E-state index in [9.17, 15) is 4.79 Å². The maximum Gasteiger partial charge on any atom is 0.133 e. The average Bonchev–Trinajstić information content (AvgIpc) is 2.36. The Bertz CT molecular complexity index is 153. The predicted molar refractivity (Wildman–Crippen MR) is 43.4 cm³/mol. The summed E-state index contributed by atoms with van der Waals surface area (Å²) < 4.78 is 0. The Morgan fingerprint density at radius 3 is 2.45 bits per heavy atom. The highest BCUT2D eigenvalue weighted by Gasteiger charge is 2.28. The largest absolute Gasteiger partial charge is 0.303 e. The molecule has 0 spiro atoms. The predicted octanol–water partition coefficient (Wildman–Crippen LogP) is 1.06. The molecule has 2 rings (SSSR count). The van der Waals surface area contributed by atoms with Crippen LogP contribution in [0.2, 0.25) is 0 Å². The van der Waals surface area contributed by atoms with Crippen LogP contribution in [0.15, 0.2) is 0 Å². The van der Waals surface area contributed by atoms with Crippen LogP contribution in [0.25, 0.3) is 0 Å². The summed E-state index contributed by atoms with van der Waals surface area (Å²) in [5.74, 6) is 1.18. The van der Waals surface area contributed by atoms with E-state index in [1.807, 2.05) is 0 Å². The lowest BCUT2D eigenvalue weighted by Crippen LogP contribution is -2.34. The summed E-state index contributed by atoms with van der Waals surface area (Å²) in [5.41, 5.74) is 0. The summed E-state index contributed by atoms with van der Waals surface area (Å²) in [6, 6.07) is 0. The number of nitrogens with zero attached hydrogens (tertiary/aromatic N) is 1. The second kappa shape index (κ2) is 2.94. The maximum atomic E-state index is 10.7. The van der Waals surface area contributed by atoms with Crippen molar-refractivity contribution in [1.29, 1.82) is 0 Å². The molecule has 11 heavy (non-hydrogen) atoms. The fourth-order valence-electron chi connectivity index (χ4n) is 2.04. The van der Waals surface area contributed by atoms with E-state index >= 15 is 0 Å². The second-order valence-corrected chi connectivity index (χ2v) is 3.82. The average molecular weight is 153 g/mol. The molecule has 2 aliphatic rings. The third-order valence-electron chi connectivity index (χ3n) is 2.75. The third kappa shape index (κ3) is 1.62. The Kier molecular flexibility index (Phi) is 1.95. The molecule has 2 heteroatoms. The van der Waals surface area contributed by atoms with Gasteiger partial charge < -0.3 is 4.90 Å². The van der Waals surface area contributed by atoms with Gasteiger partial charge in [-0.25, -0.2) is 0 Å². The van der Waals surface area contributed by atoms with Crippen molar-refractivity contribution in [3.8, 4) is 0 Å². The summed E-state index contributed by atoms with van der Waals surface area (Å²) in [6.45, 7) is 3.72. The van der Waals surface area contributed by atoms with E-state index in [4.69, 9.17) is 0 Å². The van der Waals surface area contributed by atoms with Crippen LogP contribution < -0.4 is 0 Å². The summed E-state index contributed by atoms with van der Waals surface area (Å²) in [4.78, 5) is 13.2. The van der Waals surface area contributed by atoms with Crippen molar-refractivity contribution in [3.05, 3.63) is 0 Å². The van der Waals surface area contributed by atoms with Gasteiger partial charge in [0.2, 0.25) is 0 Å². The number of rotatable bonds is 2. The lowest BCUT2D eigenvalue weighted by Gasteiger charge is -2.28.